The maximum Gasteiger partial charge on any atom is 0.242 e. The predicted octanol–water partition coefficient (Wildman–Crippen LogP) is 1.84. The van der Waals surface area contributed by atoms with Gasteiger partial charge < -0.3 is 5.32 Å². The van der Waals surface area contributed by atoms with Gasteiger partial charge in [0.25, 0.3) is 0 Å². The number of hydrogen-bond acceptors (Lipinski definition) is 4. The Bertz CT molecular complexity index is 571. The van der Waals surface area contributed by atoms with Crippen molar-refractivity contribution in [2.75, 3.05) is 18.9 Å². The van der Waals surface area contributed by atoms with Crippen LogP contribution in [0.15, 0.2) is 23.2 Å². The molecule has 110 valence electrons. The lowest BCUT2D eigenvalue weighted by Gasteiger charge is -2.21. The van der Waals surface area contributed by atoms with E-state index in [1.54, 1.807) is 19.2 Å². The van der Waals surface area contributed by atoms with Crippen molar-refractivity contribution >= 4 is 15.8 Å². The van der Waals surface area contributed by atoms with Gasteiger partial charge in [0.1, 0.15) is 10.7 Å². The average molecular weight is 295 g/mol. The molecule has 3 rings (SSSR count). The molecule has 2 aliphatic rings. The van der Waals surface area contributed by atoms with E-state index in [1.807, 2.05) is 0 Å². The molecule has 5 nitrogen and oxygen atoms in total. The number of hydrogen-bond donors (Lipinski definition) is 2. The van der Waals surface area contributed by atoms with Crippen LogP contribution in [0.1, 0.15) is 25.7 Å². The second-order valence-electron chi connectivity index (χ2n) is 5.92. The van der Waals surface area contributed by atoms with Crippen LogP contribution < -0.4 is 10.0 Å². The van der Waals surface area contributed by atoms with Crippen molar-refractivity contribution in [1.29, 1.82) is 0 Å². The molecule has 0 saturated heterocycles. The second kappa shape index (κ2) is 5.33. The SMILES string of the molecule is CNc1ccc(S(=O)(=O)NCC2CC3CCC2C3)cn1. The Morgan fingerprint density at radius 2 is 2.15 bits per heavy atom. The summed E-state index contributed by atoms with van der Waals surface area (Å²) in [6.45, 7) is 0.567. The third kappa shape index (κ3) is 2.67. The van der Waals surface area contributed by atoms with Crippen molar-refractivity contribution in [2.45, 2.75) is 30.6 Å². The molecule has 2 aliphatic carbocycles. The molecule has 1 heterocycles. The van der Waals surface area contributed by atoms with Gasteiger partial charge in [-0.2, -0.15) is 0 Å². The molecule has 1 aromatic heterocycles. The first-order valence-electron chi connectivity index (χ1n) is 7.22. The van der Waals surface area contributed by atoms with E-state index in [-0.39, 0.29) is 4.90 Å². The Labute approximate surface area is 120 Å². The first-order valence-corrected chi connectivity index (χ1v) is 8.70. The van der Waals surface area contributed by atoms with Gasteiger partial charge in [-0.05, 0) is 49.1 Å². The van der Waals surface area contributed by atoms with Crippen LogP contribution in [0.4, 0.5) is 5.82 Å². The van der Waals surface area contributed by atoms with Crippen molar-refractivity contribution in [2.24, 2.45) is 17.8 Å². The maximum atomic E-state index is 12.2. The molecule has 0 aliphatic heterocycles. The number of aromatic nitrogens is 1. The van der Waals surface area contributed by atoms with E-state index in [4.69, 9.17) is 0 Å². The van der Waals surface area contributed by atoms with Crippen LogP contribution in [0.25, 0.3) is 0 Å². The smallest absolute Gasteiger partial charge is 0.242 e. The minimum Gasteiger partial charge on any atom is -0.373 e. The van der Waals surface area contributed by atoms with E-state index < -0.39 is 10.0 Å². The van der Waals surface area contributed by atoms with Crippen LogP contribution in [0.5, 0.6) is 0 Å². The Morgan fingerprint density at radius 3 is 2.70 bits per heavy atom. The van der Waals surface area contributed by atoms with E-state index in [0.29, 0.717) is 18.3 Å². The zero-order valence-corrected chi connectivity index (χ0v) is 12.5. The number of nitrogens with zero attached hydrogens (tertiary/aromatic N) is 1. The van der Waals surface area contributed by atoms with Gasteiger partial charge in [0.05, 0.1) is 0 Å². The lowest BCUT2D eigenvalue weighted by atomic mass is 9.89. The van der Waals surface area contributed by atoms with Crippen molar-refractivity contribution in [3.8, 4) is 0 Å². The van der Waals surface area contributed by atoms with Gasteiger partial charge in [-0.1, -0.05) is 6.42 Å². The summed E-state index contributed by atoms with van der Waals surface area (Å²) in [5.41, 5.74) is 0. The number of rotatable bonds is 5. The predicted molar refractivity (Wildman–Crippen MR) is 77.9 cm³/mol. The lowest BCUT2D eigenvalue weighted by molar-refractivity contribution is 0.333. The first kappa shape index (κ1) is 13.8. The molecule has 0 amide bonds. The van der Waals surface area contributed by atoms with Crippen LogP contribution >= 0.6 is 0 Å². The standard InChI is InChI=1S/C14H21N3O2S/c1-15-14-5-4-13(9-16-14)20(18,19)17-8-12-7-10-2-3-11(12)6-10/h4-5,9-12,17H,2-3,6-8H2,1H3,(H,15,16). The third-order valence-corrected chi connectivity index (χ3v) is 6.13. The summed E-state index contributed by atoms with van der Waals surface area (Å²) >= 11 is 0. The van der Waals surface area contributed by atoms with E-state index in [0.717, 1.165) is 11.8 Å². The average Bonchev–Trinajstić information content (AvgIpc) is 3.08. The fourth-order valence-corrected chi connectivity index (χ4v) is 4.65. The molecular formula is C14H21N3O2S. The molecule has 3 atom stereocenters. The molecule has 2 fully saturated rings. The van der Waals surface area contributed by atoms with E-state index in [1.165, 1.54) is 31.9 Å². The molecule has 3 unspecified atom stereocenters. The normalized spacial score (nSPS) is 28.8. The maximum absolute atomic E-state index is 12.2. The largest absolute Gasteiger partial charge is 0.373 e. The Morgan fingerprint density at radius 1 is 1.30 bits per heavy atom. The number of pyridine rings is 1. The van der Waals surface area contributed by atoms with Crippen molar-refractivity contribution in [3.63, 3.8) is 0 Å². The van der Waals surface area contributed by atoms with Gasteiger partial charge in [0.15, 0.2) is 0 Å². The highest BCUT2D eigenvalue weighted by molar-refractivity contribution is 7.89. The van der Waals surface area contributed by atoms with Crippen molar-refractivity contribution in [3.05, 3.63) is 18.3 Å². The summed E-state index contributed by atoms with van der Waals surface area (Å²) in [4.78, 5) is 4.29. The highest BCUT2D eigenvalue weighted by Gasteiger charge is 2.39. The zero-order chi connectivity index (χ0) is 14.2. The fraction of sp³-hybridized carbons (Fsp3) is 0.643. The van der Waals surface area contributed by atoms with Gasteiger partial charge in [-0.25, -0.2) is 18.1 Å². The Hall–Kier alpha value is -1.14. The summed E-state index contributed by atoms with van der Waals surface area (Å²) in [6.07, 6.45) is 6.49. The van der Waals surface area contributed by atoms with E-state index >= 15 is 0 Å². The summed E-state index contributed by atoms with van der Waals surface area (Å²) in [5, 5.41) is 2.87. The summed E-state index contributed by atoms with van der Waals surface area (Å²) in [7, 11) is -1.68. The summed E-state index contributed by atoms with van der Waals surface area (Å²) in [5.74, 6) is 2.75. The van der Waals surface area contributed by atoms with Crippen LogP contribution in [0.2, 0.25) is 0 Å². The summed E-state index contributed by atoms with van der Waals surface area (Å²) in [6, 6.07) is 3.26. The summed E-state index contributed by atoms with van der Waals surface area (Å²) < 4.78 is 27.2. The van der Waals surface area contributed by atoms with Gasteiger partial charge in [-0.3, -0.25) is 0 Å². The van der Waals surface area contributed by atoms with Gasteiger partial charge in [0, 0.05) is 19.8 Å². The molecule has 6 heteroatoms. The monoisotopic (exact) mass is 295 g/mol. The molecule has 2 saturated carbocycles. The second-order valence-corrected chi connectivity index (χ2v) is 7.68. The fourth-order valence-electron chi connectivity index (χ4n) is 3.61. The first-order chi connectivity index (χ1) is 9.58. The number of fused-ring (bicyclic) bond motifs is 2. The van der Waals surface area contributed by atoms with E-state index in [9.17, 15) is 8.42 Å². The number of nitrogens with one attached hydrogen (secondary N) is 2. The Balaban J connectivity index is 1.63. The molecule has 2 N–H and O–H groups in total. The minimum absolute atomic E-state index is 0.236. The highest BCUT2D eigenvalue weighted by Crippen LogP contribution is 2.48. The lowest BCUT2D eigenvalue weighted by Crippen LogP contribution is -2.31. The topological polar surface area (TPSA) is 71.1 Å². The highest BCUT2D eigenvalue weighted by atomic mass is 32.2. The number of anilines is 1. The molecule has 2 bridgehead atoms. The van der Waals surface area contributed by atoms with Gasteiger partial charge >= 0.3 is 0 Å². The molecule has 1 aromatic rings. The molecular weight excluding hydrogens is 274 g/mol. The number of sulfonamides is 1. The van der Waals surface area contributed by atoms with Crippen LogP contribution in [-0.2, 0) is 10.0 Å². The minimum atomic E-state index is -3.43. The van der Waals surface area contributed by atoms with Crippen molar-refractivity contribution in [1.82, 2.24) is 9.71 Å². The van der Waals surface area contributed by atoms with Gasteiger partial charge in [-0.15, -0.1) is 0 Å². The molecule has 0 aromatic carbocycles. The van der Waals surface area contributed by atoms with Crippen LogP contribution in [-0.4, -0.2) is 27.0 Å². The van der Waals surface area contributed by atoms with E-state index in [2.05, 4.69) is 15.0 Å². The molecule has 20 heavy (non-hydrogen) atoms. The van der Waals surface area contributed by atoms with Crippen LogP contribution in [0.3, 0.4) is 0 Å². The van der Waals surface area contributed by atoms with Gasteiger partial charge in [0.2, 0.25) is 10.0 Å². The molecule has 0 radical (unpaired) electrons. The van der Waals surface area contributed by atoms with Crippen LogP contribution in [0, 0.1) is 17.8 Å². The third-order valence-electron chi connectivity index (χ3n) is 4.72. The quantitative estimate of drug-likeness (QED) is 0.869. The Kier molecular flexibility index (Phi) is 3.69. The van der Waals surface area contributed by atoms with Crippen molar-refractivity contribution < 1.29 is 8.42 Å². The molecule has 0 spiro atoms. The zero-order valence-electron chi connectivity index (χ0n) is 11.7.